The highest BCUT2D eigenvalue weighted by atomic mass is 19.1. The molecule has 2 rings (SSSR count). The Kier molecular flexibility index (Phi) is 6.68. The lowest BCUT2D eigenvalue weighted by atomic mass is 10.2. The summed E-state index contributed by atoms with van der Waals surface area (Å²) in [6.45, 7) is 1.26. The molecule has 0 aliphatic rings. The van der Waals surface area contributed by atoms with Gasteiger partial charge in [0, 0.05) is 6.54 Å². The highest BCUT2D eigenvalue weighted by Crippen LogP contribution is 2.13. The van der Waals surface area contributed by atoms with Gasteiger partial charge in [0.05, 0.1) is 11.6 Å². The van der Waals surface area contributed by atoms with Gasteiger partial charge in [-0.2, -0.15) is 5.26 Å². The molecule has 134 valence electrons. The third-order valence-corrected chi connectivity index (χ3v) is 3.38. The van der Waals surface area contributed by atoms with Crippen molar-refractivity contribution in [3.8, 4) is 11.8 Å². The van der Waals surface area contributed by atoms with Crippen molar-refractivity contribution in [2.24, 2.45) is 0 Å². The van der Waals surface area contributed by atoms with Crippen molar-refractivity contribution in [1.82, 2.24) is 5.32 Å². The molecule has 7 heteroatoms. The van der Waals surface area contributed by atoms with Crippen LogP contribution < -0.4 is 10.1 Å². The normalized spacial score (nSPS) is 11.1. The zero-order chi connectivity index (χ0) is 18.9. The minimum absolute atomic E-state index is 0.202. The van der Waals surface area contributed by atoms with E-state index >= 15 is 0 Å². The van der Waals surface area contributed by atoms with Crippen LogP contribution in [0.4, 0.5) is 4.39 Å². The molecule has 0 saturated carbocycles. The Morgan fingerprint density at radius 1 is 1.15 bits per heavy atom. The third-order valence-electron chi connectivity index (χ3n) is 3.38. The molecule has 0 aliphatic heterocycles. The lowest BCUT2D eigenvalue weighted by molar-refractivity contribution is -0.154. The number of rotatable bonds is 7. The van der Waals surface area contributed by atoms with E-state index in [4.69, 9.17) is 14.7 Å². The van der Waals surface area contributed by atoms with Crippen molar-refractivity contribution < 1.29 is 23.5 Å². The minimum Gasteiger partial charge on any atom is -0.479 e. The minimum atomic E-state index is -0.909. The number of ether oxygens (including phenoxy) is 2. The fourth-order valence-electron chi connectivity index (χ4n) is 1.97. The van der Waals surface area contributed by atoms with Crippen LogP contribution in [0.15, 0.2) is 48.5 Å². The van der Waals surface area contributed by atoms with E-state index in [0.29, 0.717) is 11.3 Å². The van der Waals surface area contributed by atoms with Gasteiger partial charge in [-0.15, -0.1) is 0 Å². The summed E-state index contributed by atoms with van der Waals surface area (Å²) < 4.78 is 23.1. The van der Waals surface area contributed by atoms with Crippen molar-refractivity contribution in [1.29, 1.82) is 5.26 Å². The van der Waals surface area contributed by atoms with E-state index in [-0.39, 0.29) is 12.4 Å². The smallest absolute Gasteiger partial charge is 0.347 e. The summed E-state index contributed by atoms with van der Waals surface area (Å²) in [4.78, 5) is 23.6. The maximum atomic E-state index is 12.8. The highest BCUT2D eigenvalue weighted by Gasteiger charge is 2.17. The Morgan fingerprint density at radius 2 is 1.81 bits per heavy atom. The molecule has 0 unspecified atom stereocenters. The van der Waals surface area contributed by atoms with Crippen LogP contribution in [0.25, 0.3) is 0 Å². The molecule has 0 fully saturated rings. The van der Waals surface area contributed by atoms with Crippen LogP contribution in [-0.2, 0) is 20.9 Å². The Balaban J connectivity index is 1.73. The number of hydrogen-bond acceptors (Lipinski definition) is 5. The first kappa shape index (κ1) is 18.9. The molecule has 26 heavy (non-hydrogen) atoms. The van der Waals surface area contributed by atoms with E-state index in [9.17, 15) is 14.0 Å². The summed E-state index contributed by atoms with van der Waals surface area (Å²) in [6, 6.07) is 13.9. The molecular weight excluding hydrogens is 339 g/mol. The molecule has 0 saturated heterocycles. The number of amides is 1. The fraction of sp³-hybridized carbons (Fsp3) is 0.211. The van der Waals surface area contributed by atoms with Gasteiger partial charge in [-0.3, -0.25) is 4.79 Å². The fourth-order valence-corrected chi connectivity index (χ4v) is 1.97. The topological polar surface area (TPSA) is 88.4 Å². The van der Waals surface area contributed by atoms with Gasteiger partial charge < -0.3 is 14.8 Å². The number of nitrogens with zero attached hydrogens (tertiary/aromatic N) is 1. The average molecular weight is 356 g/mol. The molecule has 1 N–H and O–H groups in total. The summed E-state index contributed by atoms with van der Waals surface area (Å²) in [6.07, 6.45) is -0.909. The lowest BCUT2D eigenvalue weighted by Crippen LogP contribution is -2.32. The van der Waals surface area contributed by atoms with Gasteiger partial charge in [-0.25, -0.2) is 9.18 Å². The van der Waals surface area contributed by atoms with Gasteiger partial charge in [-0.05, 0) is 48.9 Å². The van der Waals surface area contributed by atoms with Gasteiger partial charge in [0.1, 0.15) is 11.6 Å². The van der Waals surface area contributed by atoms with Crippen LogP contribution in [0.2, 0.25) is 0 Å². The zero-order valence-corrected chi connectivity index (χ0v) is 14.1. The number of carbonyl (C=O) groups is 2. The molecule has 2 aromatic carbocycles. The molecule has 1 amide bonds. The van der Waals surface area contributed by atoms with Crippen LogP contribution in [0.3, 0.4) is 0 Å². The van der Waals surface area contributed by atoms with Gasteiger partial charge in [0.2, 0.25) is 0 Å². The van der Waals surface area contributed by atoms with Crippen molar-refractivity contribution in [2.45, 2.75) is 19.6 Å². The molecule has 0 bridgehead atoms. The largest absolute Gasteiger partial charge is 0.479 e. The first-order valence-electron chi connectivity index (χ1n) is 7.82. The van der Waals surface area contributed by atoms with Crippen LogP contribution in [0.1, 0.15) is 18.1 Å². The molecule has 0 heterocycles. The summed E-state index contributed by atoms with van der Waals surface area (Å²) in [5, 5.41) is 11.3. The molecule has 0 aliphatic carbocycles. The number of hydrogen-bond donors (Lipinski definition) is 1. The summed E-state index contributed by atoms with van der Waals surface area (Å²) in [5.74, 6) is -1.11. The van der Waals surface area contributed by atoms with Crippen LogP contribution in [-0.4, -0.2) is 24.6 Å². The van der Waals surface area contributed by atoms with Crippen molar-refractivity contribution in [2.75, 3.05) is 6.61 Å². The summed E-state index contributed by atoms with van der Waals surface area (Å²) in [5.41, 5.74) is 1.20. The van der Waals surface area contributed by atoms with Crippen LogP contribution >= 0.6 is 0 Å². The standard InChI is InChI=1S/C19H17FN2O4/c1-13(26-17-8-4-14(10-21)5-9-17)19(24)25-12-18(23)22-11-15-2-6-16(20)7-3-15/h2-9,13H,11-12H2,1H3,(H,22,23)/t13-/m0/s1. The second-order valence-corrected chi connectivity index (χ2v) is 5.41. The molecule has 0 radical (unpaired) electrons. The molecule has 0 aromatic heterocycles. The van der Waals surface area contributed by atoms with Crippen LogP contribution in [0, 0.1) is 17.1 Å². The van der Waals surface area contributed by atoms with Crippen molar-refractivity contribution in [3.63, 3.8) is 0 Å². The van der Waals surface area contributed by atoms with E-state index in [2.05, 4.69) is 5.32 Å². The summed E-state index contributed by atoms with van der Waals surface area (Å²) in [7, 11) is 0. The van der Waals surface area contributed by atoms with Crippen LogP contribution in [0.5, 0.6) is 5.75 Å². The monoisotopic (exact) mass is 356 g/mol. The summed E-state index contributed by atoms with van der Waals surface area (Å²) >= 11 is 0. The Labute approximate surface area is 150 Å². The maximum absolute atomic E-state index is 12.8. The van der Waals surface area contributed by atoms with Gasteiger partial charge >= 0.3 is 5.97 Å². The Bertz CT molecular complexity index is 798. The Morgan fingerprint density at radius 3 is 2.42 bits per heavy atom. The number of halogens is 1. The predicted molar refractivity (Wildman–Crippen MR) is 90.5 cm³/mol. The highest BCUT2D eigenvalue weighted by molar-refractivity contribution is 5.81. The first-order chi connectivity index (χ1) is 12.5. The number of esters is 1. The Hall–Kier alpha value is -3.40. The SMILES string of the molecule is C[C@H](Oc1ccc(C#N)cc1)C(=O)OCC(=O)NCc1ccc(F)cc1. The van der Waals surface area contributed by atoms with E-state index < -0.39 is 24.6 Å². The van der Waals surface area contributed by atoms with Gasteiger partial charge in [0.25, 0.3) is 5.91 Å². The molecule has 0 spiro atoms. The van der Waals surface area contributed by atoms with Gasteiger partial charge in [-0.1, -0.05) is 12.1 Å². The lowest BCUT2D eigenvalue weighted by Gasteiger charge is -2.14. The number of nitriles is 1. The van der Waals surface area contributed by atoms with Gasteiger partial charge in [0.15, 0.2) is 12.7 Å². The average Bonchev–Trinajstić information content (AvgIpc) is 2.66. The van der Waals surface area contributed by atoms with Crippen molar-refractivity contribution in [3.05, 3.63) is 65.5 Å². The predicted octanol–water partition coefficient (Wildman–Crippen LogP) is 2.32. The van der Waals surface area contributed by atoms with E-state index in [1.807, 2.05) is 6.07 Å². The zero-order valence-electron chi connectivity index (χ0n) is 14.1. The quantitative estimate of drug-likeness (QED) is 0.769. The molecular formula is C19H17FN2O4. The van der Waals surface area contributed by atoms with E-state index in [1.54, 1.807) is 36.4 Å². The first-order valence-corrected chi connectivity index (χ1v) is 7.82. The number of benzene rings is 2. The molecule has 1 atom stereocenters. The second-order valence-electron chi connectivity index (χ2n) is 5.41. The number of nitrogens with one attached hydrogen (secondary N) is 1. The second kappa shape index (κ2) is 9.18. The number of carbonyl (C=O) groups excluding carboxylic acids is 2. The van der Waals surface area contributed by atoms with Crippen molar-refractivity contribution >= 4 is 11.9 Å². The molecule has 2 aromatic rings. The van der Waals surface area contributed by atoms with E-state index in [0.717, 1.165) is 5.56 Å². The maximum Gasteiger partial charge on any atom is 0.347 e. The molecule has 6 nitrogen and oxygen atoms in total. The van der Waals surface area contributed by atoms with E-state index in [1.165, 1.54) is 19.1 Å². The third kappa shape index (κ3) is 5.91.